The molecule has 6 heteroatoms. The van der Waals surface area contributed by atoms with E-state index >= 15 is 0 Å². The number of likely N-dealkylation sites (tertiary alicyclic amines) is 1. The van der Waals surface area contributed by atoms with Crippen molar-refractivity contribution >= 4 is 23.3 Å². The van der Waals surface area contributed by atoms with Crippen LogP contribution in [0.25, 0.3) is 0 Å². The van der Waals surface area contributed by atoms with Crippen LogP contribution in [0.4, 0.5) is 4.79 Å². The third kappa shape index (κ3) is 5.73. The zero-order chi connectivity index (χ0) is 19.5. The molecule has 26 heavy (non-hydrogen) atoms. The molecule has 0 aromatic carbocycles. The number of thiophene rings is 1. The van der Waals surface area contributed by atoms with Gasteiger partial charge in [0.1, 0.15) is 5.60 Å². The minimum atomic E-state index is -0.494. The number of rotatable bonds is 3. The molecule has 1 N–H and O–H groups in total. The Morgan fingerprint density at radius 2 is 1.81 bits per heavy atom. The summed E-state index contributed by atoms with van der Waals surface area (Å²) in [5.41, 5.74) is -0.552. The van der Waals surface area contributed by atoms with Gasteiger partial charge in [0, 0.05) is 23.9 Å². The summed E-state index contributed by atoms with van der Waals surface area (Å²) in [6.45, 7) is 13.1. The number of nitrogens with one attached hydrogen (secondary N) is 1. The molecule has 0 bridgehead atoms. The molecular weight excluding hydrogens is 348 g/mol. The van der Waals surface area contributed by atoms with Crippen molar-refractivity contribution in [2.75, 3.05) is 13.1 Å². The van der Waals surface area contributed by atoms with E-state index in [1.165, 1.54) is 4.88 Å². The maximum absolute atomic E-state index is 12.8. The van der Waals surface area contributed by atoms with Gasteiger partial charge in [0.25, 0.3) is 0 Å². The van der Waals surface area contributed by atoms with Crippen molar-refractivity contribution in [3.63, 3.8) is 0 Å². The van der Waals surface area contributed by atoms with E-state index in [9.17, 15) is 9.59 Å². The van der Waals surface area contributed by atoms with Gasteiger partial charge in [0.15, 0.2) is 0 Å². The Balaban J connectivity index is 1.92. The number of carbonyl (C=O) groups excluding carboxylic acids is 2. The third-order valence-corrected chi connectivity index (χ3v) is 5.43. The van der Waals surface area contributed by atoms with Crippen molar-refractivity contribution in [1.82, 2.24) is 10.2 Å². The van der Waals surface area contributed by atoms with E-state index in [-0.39, 0.29) is 29.4 Å². The van der Waals surface area contributed by atoms with E-state index in [4.69, 9.17) is 4.74 Å². The standard InChI is InChI=1S/C20H32N2O3S/c1-19(2,3)16(15-8-7-13-26-15)21-17(23)14-9-11-22(12-10-14)18(24)25-20(4,5)6/h7-8,13-14,16H,9-12H2,1-6H3,(H,21,23). The number of piperidine rings is 1. The molecule has 0 saturated carbocycles. The molecule has 1 unspecified atom stereocenters. The molecule has 1 aromatic heterocycles. The quantitative estimate of drug-likeness (QED) is 0.834. The SMILES string of the molecule is CC(C)(C)OC(=O)N1CCC(C(=O)NC(c2cccs2)C(C)(C)C)CC1. The molecule has 1 saturated heterocycles. The smallest absolute Gasteiger partial charge is 0.410 e. The predicted molar refractivity (Wildman–Crippen MR) is 105 cm³/mol. The second kappa shape index (κ2) is 7.99. The topological polar surface area (TPSA) is 58.6 Å². The van der Waals surface area contributed by atoms with Crippen molar-refractivity contribution in [2.24, 2.45) is 11.3 Å². The van der Waals surface area contributed by atoms with E-state index < -0.39 is 5.60 Å². The average molecular weight is 381 g/mol. The maximum Gasteiger partial charge on any atom is 0.410 e. The Labute approximate surface area is 161 Å². The first-order valence-corrected chi connectivity index (χ1v) is 10.2. The molecule has 146 valence electrons. The molecule has 2 heterocycles. The van der Waals surface area contributed by atoms with Crippen molar-refractivity contribution in [1.29, 1.82) is 0 Å². The number of nitrogens with zero attached hydrogens (tertiary/aromatic N) is 1. The highest BCUT2D eigenvalue weighted by molar-refractivity contribution is 7.10. The Morgan fingerprint density at radius 1 is 1.19 bits per heavy atom. The van der Waals surface area contributed by atoms with E-state index in [0.717, 1.165) is 0 Å². The van der Waals surface area contributed by atoms with Gasteiger partial charge in [-0.1, -0.05) is 26.8 Å². The Morgan fingerprint density at radius 3 is 2.27 bits per heavy atom. The monoisotopic (exact) mass is 380 g/mol. The van der Waals surface area contributed by atoms with Gasteiger partial charge in [0.05, 0.1) is 6.04 Å². The van der Waals surface area contributed by atoms with Crippen LogP contribution in [0.1, 0.15) is 65.3 Å². The van der Waals surface area contributed by atoms with E-state index in [1.807, 2.05) is 32.2 Å². The lowest BCUT2D eigenvalue weighted by Gasteiger charge is -2.35. The minimum Gasteiger partial charge on any atom is -0.444 e. The maximum atomic E-state index is 12.8. The zero-order valence-corrected chi connectivity index (χ0v) is 17.6. The van der Waals surface area contributed by atoms with Crippen LogP contribution in [0.15, 0.2) is 17.5 Å². The predicted octanol–water partition coefficient (Wildman–Crippen LogP) is 4.60. The number of carbonyl (C=O) groups is 2. The fraction of sp³-hybridized carbons (Fsp3) is 0.700. The van der Waals surface area contributed by atoms with Gasteiger partial charge < -0.3 is 15.0 Å². The first-order valence-electron chi connectivity index (χ1n) is 9.29. The van der Waals surface area contributed by atoms with Crippen LogP contribution in [0.5, 0.6) is 0 Å². The summed E-state index contributed by atoms with van der Waals surface area (Å²) in [6, 6.07) is 4.09. The third-order valence-electron chi connectivity index (χ3n) is 4.50. The fourth-order valence-electron chi connectivity index (χ4n) is 3.08. The second-order valence-electron chi connectivity index (χ2n) is 9.06. The number of amides is 2. The zero-order valence-electron chi connectivity index (χ0n) is 16.8. The molecule has 2 amide bonds. The summed E-state index contributed by atoms with van der Waals surface area (Å²) in [5.74, 6) is 0.0284. The van der Waals surface area contributed by atoms with Crippen molar-refractivity contribution in [3.05, 3.63) is 22.4 Å². The van der Waals surface area contributed by atoms with Crippen LogP contribution < -0.4 is 5.32 Å². The largest absolute Gasteiger partial charge is 0.444 e. The molecule has 2 rings (SSSR count). The van der Waals surface area contributed by atoms with E-state index in [1.54, 1.807) is 16.2 Å². The molecule has 5 nitrogen and oxygen atoms in total. The summed E-state index contributed by atoms with van der Waals surface area (Å²) >= 11 is 1.67. The summed E-state index contributed by atoms with van der Waals surface area (Å²) in [4.78, 5) is 27.9. The molecule has 0 spiro atoms. The Hall–Kier alpha value is -1.56. The van der Waals surface area contributed by atoms with Crippen molar-refractivity contribution in [2.45, 2.75) is 66.0 Å². The van der Waals surface area contributed by atoms with Crippen LogP contribution in [-0.4, -0.2) is 35.6 Å². The lowest BCUT2D eigenvalue weighted by molar-refractivity contribution is -0.128. The van der Waals surface area contributed by atoms with Gasteiger partial charge in [-0.2, -0.15) is 0 Å². The minimum absolute atomic E-state index is 0.00103. The van der Waals surface area contributed by atoms with Crippen LogP contribution in [-0.2, 0) is 9.53 Å². The van der Waals surface area contributed by atoms with Crippen LogP contribution >= 0.6 is 11.3 Å². The van der Waals surface area contributed by atoms with Gasteiger partial charge in [-0.3, -0.25) is 4.79 Å². The Bertz CT molecular complexity index is 606. The molecule has 1 atom stereocenters. The van der Waals surface area contributed by atoms with Gasteiger partial charge in [-0.05, 0) is 50.5 Å². The van der Waals surface area contributed by atoms with Gasteiger partial charge in [-0.25, -0.2) is 4.79 Å². The normalized spacial score (nSPS) is 17.7. The summed E-state index contributed by atoms with van der Waals surface area (Å²) in [5, 5.41) is 5.29. The molecule has 1 aromatic rings. The molecule has 0 aliphatic carbocycles. The summed E-state index contributed by atoms with van der Waals surface area (Å²) in [7, 11) is 0. The molecule has 1 fully saturated rings. The fourth-order valence-corrected chi connectivity index (χ4v) is 4.10. The molecule has 0 radical (unpaired) electrons. The van der Waals surface area contributed by atoms with Gasteiger partial charge >= 0.3 is 6.09 Å². The van der Waals surface area contributed by atoms with E-state index in [2.05, 4.69) is 32.2 Å². The lowest BCUT2D eigenvalue weighted by Crippen LogP contribution is -2.46. The highest BCUT2D eigenvalue weighted by Gasteiger charge is 2.34. The van der Waals surface area contributed by atoms with Gasteiger partial charge in [-0.15, -0.1) is 11.3 Å². The first-order chi connectivity index (χ1) is 12.0. The van der Waals surface area contributed by atoms with Gasteiger partial charge in [0.2, 0.25) is 5.91 Å². The van der Waals surface area contributed by atoms with Crippen molar-refractivity contribution < 1.29 is 14.3 Å². The number of hydrogen-bond donors (Lipinski definition) is 1. The van der Waals surface area contributed by atoms with Crippen LogP contribution in [0, 0.1) is 11.3 Å². The lowest BCUT2D eigenvalue weighted by atomic mass is 9.85. The summed E-state index contributed by atoms with van der Waals surface area (Å²) < 4.78 is 5.42. The van der Waals surface area contributed by atoms with E-state index in [0.29, 0.717) is 25.9 Å². The Kier molecular flexibility index (Phi) is 6.37. The molecular formula is C20H32N2O3S. The van der Waals surface area contributed by atoms with Crippen LogP contribution in [0.3, 0.4) is 0 Å². The van der Waals surface area contributed by atoms with Crippen molar-refractivity contribution in [3.8, 4) is 0 Å². The molecule has 1 aliphatic rings. The van der Waals surface area contributed by atoms with Crippen LogP contribution in [0.2, 0.25) is 0 Å². The first kappa shape index (κ1) is 20.7. The average Bonchev–Trinajstić information content (AvgIpc) is 3.03. The summed E-state index contributed by atoms with van der Waals surface area (Å²) in [6.07, 6.45) is 1.06. The number of ether oxygens (including phenoxy) is 1. The number of hydrogen-bond acceptors (Lipinski definition) is 4. The highest BCUT2D eigenvalue weighted by Crippen LogP contribution is 2.35. The second-order valence-corrected chi connectivity index (χ2v) is 10.0. The molecule has 1 aliphatic heterocycles. The highest BCUT2D eigenvalue weighted by atomic mass is 32.1.